The minimum Gasteiger partial charge on any atom is -0.293 e. The number of halogens is 1. The Bertz CT molecular complexity index is 345. The van der Waals surface area contributed by atoms with Gasteiger partial charge < -0.3 is 0 Å². The van der Waals surface area contributed by atoms with Gasteiger partial charge >= 0.3 is 0 Å². The molecule has 1 unspecified atom stereocenters. The maximum atomic E-state index is 4.68. The summed E-state index contributed by atoms with van der Waals surface area (Å²) < 4.78 is 0. The van der Waals surface area contributed by atoms with Gasteiger partial charge in [-0.2, -0.15) is 0 Å². The number of rotatable bonds is 5. The van der Waals surface area contributed by atoms with Crippen molar-refractivity contribution in [3.63, 3.8) is 0 Å². The van der Waals surface area contributed by atoms with Crippen LogP contribution in [0.15, 0.2) is 35.3 Å². The lowest BCUT2D eigenvalue weighted by Gasteiger charge is -2.12. The Morgan fingerprint density at radius 2 is 2.00 bits per heavy atom. The van der Waals surface area contributed by atoms with E-state index in [0.717, 1.165) is 18.9 Å². The van der Waals surface area contributed by atoms with E-state index in [2.05, 4.69) is 42.2 Å². The molecule has 1 nitrogen and oxygen atoms in total. The second-order valence-electron chi connectivity index (χ2n) is 4.66. The van der Waals surface area contributed by atoms with E-state index in [1.807, 2.05) is 0 Å². The molecule has 0 fully saturated rings. The molecule has 1 atom stereocenters. The lowest BCUT2D eigenvalue weighted by atomic mass is 9.92. The highest BCUT2D eigenvalue weighted by Crippen LogP contribution is 2.22. The molecule has 0 radical (unpaired) electrons. The Labute approximate surface area is 111 Å². The van der Waals surface area contributed by atoms with Crippen LogP contribution in [0.5, 0.6) is 0 Å². The summed E-state index contributed by atoms with van der Waals surface area (Å²) in [5, 5.41) is 0. The molecule has 0 bridgehead atoms. The third kappa shape index (κ3) is 4.16. The van der Waals surface area contributed by atoms with Gasteiger partial charge in [0.05, 0.1) is 0 Å². The average molecular weight is 252 g/mol. The quantitative estimate of drug-likeness (QED) is 0.740. The first-order chi connectivity index (χ1) is 7.90. The number of benzene rings is 1. The standard InChI is InChI=1S/C15H21N.ClH/c1-2-3-9-14-10-11-16-15(14)12-13-7-5-4-6-8-13;/h4-8,14H,2-3,9-12H2,1H3;1H. The van der Waals surface area contributed by atoms with Gasteiger partial charge in [0.15, 0.2) is 0 Å². The van der Waals surface area contributed by atoms with Crippen LogP contribution in [0, 0.1) is 5.92 Å². The lowest BCUT2D eigenvalue weighted by Crippen LogP contribution is -2.12. The van der Waals surface area contributed by atoms with Gasteiger partial charge in [-0.25, -0.2) is 0 Å². The van der Waals surface area contributed by atoms with Crippen molar-refractivity contribution in [2.75, 3.05) is 6.54 Å². The van der Waals surface area contributed by atoms with E-state index in [1.165, 1.54) is 37.0 Å². The maximum Gasteiger partial charge on any atom is 0.0395 e. The number of hydrogen-bond acceptors (Lipinski definition) is 1. The molecule has 17 heavy (non-hydrogen) atoms. The van der Waals surface area contributed by atoms with E-state index in [0.29, 0.717) is 0 Å². The molecule has 1 aliphatic heterocycles. The van der Waals surface area contributed by atoms with Crippen molar-refractivity contribution >= 4 is 18.1 Å². The fourth-order valence-electron chi connectivity index (χ4n) is 2.43. The van der Waals surface area contributed by atoms with Gasteiger partial charge in [-0.1, -0.05) is 50.1 Å². The van der Waals surface area contributed by atoms with Crippen LogP contribution in [0.3, 0.4) is 0 Å². The second kappa shape index (κ2) is 7.50. The zero-order valence-corrected chi connectivity index (χ0v) is 11.4. The molecule has 1 aliphatic rings. The van der Waals surface area contributed by atoms with Crippen LogP contribution in [0.25, 0.3) is 0 Å². The van der Waals surface area contributed by atoms with Crippen molar-refractivity contribution in [1.29, 1.82) is 0 Å². The summed E-state index contributed by atoms with van der Waals surface area (Å²) in [6.07, 6.45) is 6.33. The van der Waals surface area contributed by atoms with E-state index in [1.54, 1.807) is 0 Å². The van der Waals surface area contributed by atoms with Crippen LogP contribution in [0.4, 0.5) is 0 Å². The van der Waals surface area contributed by atoms with Crippen LogP contribution in [0.1, 0.15) is 38.2 Å². The molecule has 0 amide bonds. The molecule has 1 aromatic rings. The molecule has 1 aromatic carbocycles. The highest BCUT2D eigenvalue weighted by Gasteiger charge is 2.20. The summed E-state index contributed by atoms with van der Waals surface area (Å²) in [6, 6.07) is 10.7. The van der Waals surface area contributed by atoms with Crippen molar-refractivity contribution in [1.82, 2.24) is 0 Å². The van der Waals surface area contributed by atoms with E-state index in [9.17, 15) is 0 Å². The molecule has 0 aliphatic carbocycles. The number of nitrogens with zero attached hydrogens (tertiary/aromatic N) is 1. The summed E-state index contributed by atoms with van der Waals surface area (Å²) in [4.78, 5) is 4.68. The first-order valence-electron chi connectivity index (χ1n) is 6.47. The first-order valence-corrected chi connectivity index (χ1v) is 6.47. The molecule has 2 rings (SSSR count). The van der Waals surface area contributed by atoms with Crippen molar-refractivity contribution in [2.24, 2.45) is 10.9 Å². The Morgan fingerprint density at radius 3 is 2.71 bits per heavy atom. The van der Waals surface area contributed by atoms with Crippen LogP contribution < -0.4 is 0 Å². The summed E-state index contributed by atoms with van der Waals surface area (Å²) in [7, 11) is 0. The number of unbranched alkanes of at least 4 members (excludes halogenated alkanes) is 1. The zero-order valence-electron chi connectivity index (χ0n) is 10.6. The third-order valence-electron chi connectivity index (χ3n) is 3.40. The van der Waals surface area contributed by atoms with Crippen LogP contribution in [-0.2, 0) is 6.42 Å². The van der Waals surface area contributed by atoms with E-state index in [-0.39, 0.29) is 12.4 Å². The largest absolute Gasteiger partial charge is 0.293 e. The molecular weight excluding hydrogens is 230 g/mol. The highest BCUT2D eigenvalue weighted by molar-refractivity contribution is 5.90. The molecule has 94 valence electrons. The fraction of sp³-hybridized carbons (Fsp3) is 0.533. The summed E-state index contributed by atoms with van der Waals surface area (Å²) >= 11 is 0. The third-order valence-corrected chi connectivity index (χ3v) is 3.40. The van der Waals surface area contributed by atoms with Gasteiger partial charge in [-0.05, 0) is 24.3 Å². The number of hydrogen-bond donors (Lipinski definition) is 0. The first kappa shape index (κ1) is 14.2. The van der Waals surface area contributed by atoms with Crippen molar-refractivity contribution in [3.05, 3.63) is 35.9 Å². The predicted octanol–water partition coefficient (Wildman–Crippen LogP) is 4.30. The number of aliphatic imine (C=N–C) groups is 1. The Hall–Kier alpha value is -0.820. The zero-order chi connectivity index (χ0) is 11.2. The Kier molecular flexibility index (Phi) is 6.28. The Morgan fingerprint density at radius 1 is 1.24 bits per heavy atom. The minimum absolute atomic E-state index is 0. The van der Waals surface area contributed by atoms with Crippen LogP contribution in [0.2, 0.25) is 0 Å². The lowest BCUT2D eigenvalue weighted by molar-refractivity contribution is 0.574. The summed E-state index contributed by atoms with van der Waals surface area (Å²) in [5.74, 6) is 0.764. The molecule has 0 saturated heterocycles. The monoisotopic (exact) mass is 251 g/mol. The van der Waals surface area contributed by atoms with Gasteiger partial charge in [0.2, 0.25) is 0 Å². The van der Waals surface area contributed by atoms with Gasteiger partial charge in [0.1, 0.15) is 0 Å². The average Bonchev–Trinajstić information content (AvgIpc) is 2.75. The molecule has 2 heteroatoms. The van der Waals surface area contributed by atoms with Crippen LogP contribution >= 0.6 is 12.4 Å². The van der Waals surface area contributed by atoms with Crippen LogP contribution in [-0.4, -0.2) is 12.3 Å². The Balaban J connectivity index is 0.00000144. The minimum atomic E-state index is 0. The van der Waals surface area contributed by atoms with E-state index >= 15 is 0 Å². The summed E-state index contributed by atoms with van der Waals surface area (Å²) in [6.45, 7) is 3.32. The molecule has 0 N–H and O–H groups in total. The summed E-state index contributed by atoms with van der Waals surface area (Å²) in [5.41, 5.74) is 2.85. The van der Waals surface area contributed by atoms with E-state index in [4.69, 9.17) is 0 Å². The van der Waals surface area contributed by atoms with E-state index < -0.39 is 0 Å². The molecule has 1 heterocycles. The van der Waals surface area contributed by atoms with Crippen molar-refractivity contribution < 1.29 is 0 Å². The topological polar surface area (TPSA) is 12.4 Å². The normalized spacial score (nSPS) is 18.6. The second-order valence-corrected chi connectivity index (χ2v) is 4.66. The van der Waals surface area contributed by atoms with Gasteiger partial charge in [0, 0.05) is 18.7 Å². The molecular formula is C15H22ClN. The molecule has 0 spiro atoms. The molecule has 0 aromatic heterocycles. The van der Waals surface area contributed by atoms with Gasteiger partial charge in [0.25, 0.3) is 0 Å². The fourth-order valence-corrected chi connectivity index (χ4v) is 2.43. The highest BCUT2D eigenvalue weighted by atomic mass is 35.5. The predicted molar refractivity (Wildman–Crippen MR) is 77.3 cm³/mol. The molecule has 0 saturated carbocycles. The smallest absolute Gasteiger partial charge is 0.0395 e. The SMILES string of the molecule is CCCCC1CCN=C1Cc1ccccc1.Cl. The maximum absolute atomic E-state index is 4.68. The van der Waals surface area contributed by atoms with Crippen molar-refractivity contribution in [2.45, 2.75) is 39.0 Å². The van der Waals surface area contributed by atoms with Gasteiger partial charge in [-0.3, -0.25) is 4.99 Å². The van der Waals surface area contributed by atoms with Crippen molar-refractivity contribution in [3.8, 4) is 0 Å². The van der Waals surface area contributed by atoms with Gasteiger partial charge in [-0.15, -0.1) is 12.4 Å².